The highest BCUT2D eigenvalue weighted by atomic mass is 15.1. The average Bonchev–Trinajstić information content (AvgIpc) is 2.55. The van der Waals surface area contributed by atoms with Gasteiger partial charge in [-0.05, 0) is 31.1 Å². The van der Waals surface area contributed by atoms with Gasteiger partial charge in [-0.25, -0.2) is 0 Å². The number of unbranched alkanes of at least 4 members (excludes halogenated alkanes) is 2. The Balaban J connectivity index is 3.46. The van der Waals surface area contributed by atoms with Crippen molar-refractivity contribution < 1.29 is 0 Å². The van der Waals surface area contributed by atoms with Crippen LogP contribution < -0.4 is 0 Å². The van der Waals surface area contributed by atoms with Crippen molar-refractivity contribution >= 4 is 0 Å². The van der Waals surface area contributed by atoms with Gasteiger partial charge in [0, 0.05) is 24.4 Å². The van der Waals surface area contributed by atoms with Gasteiger partial charge in [0.1, 0.15) is 23.8 Å². The Hall–Kier alpha value is -2.25. The molecule has 4 nitrogen and oxygen atoms in total. The Morgan fingerprint density at radius 1 is 1.00 bits per heavy atom. The summed E-state index contributed by atoms with van der Waals surface area (Å²) in [5.74, 6) is 0. The van der Waals surface area contributed by atoms with Crippen molar-refractivity contribution in [1.29, 1.82) is 15.8 Å². The molecule has 0 spiro atoms. The average molecular weight is 324 g/mol. The van der Waals surface area contributed by atoms with E-state index in [9.17, 15) is 15.8 Å². The Labute approximate surface area is 146 Å². The molecule has 0 N–H and O–H groups in total. The van der Waals surface area contributed by atoms with Crippen LogP contribution in [0.3, 0.4) is 0 Å². The molecule has 0 saturated heterocycles. The molecule has 128 valence electrons. The Bertz CT molecular complexity index is 608. The maximum absolute atomic E-state index is 9.75. The second-order valence-electron chi connectivity index (χ2n) is 7.22. The fourth-order valence-corrected chi connectivity index (χ4v) is 3.20. The van der Waals surface area contributed by atoms with E-state index in [0.717, 1.165) is 50.9 Å². The molecule has 24 heavy (non-hydrogen) atoms. The van der Waals surface area contributed by atoms with Gasteiger partial charge in [0.2, 0.25) is 0 Å². The maximum atomic E-state index is 9.75. The van der Waals surface area contributed by atoms with Gasteiger partial charge < -0.3 is 4.90 Å². The molecule has 4 heteroatoms. The summed E-state index contributed by atoms with van der Waals surface area (Å²) in [6.07, 6.45) is 5.78. The minimum atomic E-state index is -0.0549. The fraction of sp³-hybridized carbons (Fsp3) is 0.650. The highest BCUT2D eigenvalue weighted by Gasteiger charge is 2.34. The number of hydrogen-bond donors (Lipinski definition) is 0. The molecule has 0 heterocycles. The summed E-state index contributed by atoms with van der Waals surface area (Å²) < 4.78 is 0. The molecule has 1 aliphatic rings. The summed E-state index contributed by atoms with van der Waals surface area (Å²) in [5.41, 5.74) is 2.24. The molecule has 1 aliphatic carbocycles. The summed E-state index contributed by atoms with van der Waals surface area (Å²) in [5, 5.41) is 28.3. The van der Waals surface area contributed by atoms with Crippen molar-refractivity contribution in [2.24, 2.45) is 5.41 Å². The van der Waals surface area contributed by atoms with Gasteiger partial charge in [0.15, 0.2) is 0 Å². The minimum absolute atomic E-state index is 0.0549. The predicted molar refractivity (Wildman–Crippen MR) is 95.3 cm³/mol. The van der Waals surface area contributed by atoms with Gasteiger partial charge in [-0.2, -0.15) is 15.8 Å². The first-order valence-corrected chi connectivity index (χ1v) is 8.86. The molecule has 0 amide bonds. The topological polar surface area (TPSA) is 74.6 Å². The fourth-order valence-electron chi connectivity index (χ4n) is 3.20. The molecular weight excluding hydrogens is 296 g/mol. The number of allylic oxidation sites excluding steroid dienone is 4. The number of hydrogen-bond acceptors (Lipinski definition) is 4. The smallest absolute Gasteiger partial charge is 0.134 e. The van der Waals surface area contributed by atoms with Crippen LogP contribution in [0.2, 0.25) is 0 Å². The summed E-state index contributed by atoms with van der Waals surface area (Å²) in [7, 11) is 0. The molecule has 0 aliphatic heterocycles. The molecule has 0 aromatic carbocycles. The van der Waals surface area contributed by atoms with E-state index < -0.39 is 0 Å². The lowest BCUT2D eigenvalue weighted by atomic mass is 9.72. The van der Waals surface area contributed by atoms with Gasteiger partial charge >= 0.3 is 0 Å². The van der Waals surface area contributed by atoms with E-state index >= 15 is 0 Å². The molecule has 0 atom stereocenters. The second kappa shape index (κ2) is 9.14. The number of nitrogens with zero attached hydrogens (tertiary/aromatic N) is 4. The third-order valence-electron chi connectivity index (χ3n) is 4.47. The Kier molecular flexibility index (Phi) is 7.54. The number of rotatable bonds is 7. The lowest BCUT2D eigenvalue weighted by Gasteiger charge is -2.39. The van der Waals surface area contributed by atoms with E-state index in [1.165, 1.54) is 0 Å². The quantitative estimate of drug-likeness (QED) is 0.629. The summed E-state index contributed by atoms with van der Waals surface area (Å²) >= 11 is 0. The first-order chi connectivity index (χ1) is 11.4. The molecule has 0 fully saturated rings. The first kappa shape index (κ1) is 19.8. The van der Waals surface area contributed by atoms with Crippen molar-refractivity contribution in [3.05, 3.63) is 22.4 Å². The zero-order valence-corrected chi connectivity index (χ0v) is 15.4. The highest BCUT2D eigenvalue weighted by Crippen LogP contribution is 2.44. The standard InChI is InChI=1S/C20H28N4/c1-5-7-9-24(10-8-6-2)19-12-20(3,4)11-17(18(19)15-23)16(13-21)14-22/h5-12H2,1-4H3. The molecule has 0 saturated carbocycles. The van der Waals surface area contributed by atoms with Crippen LogP contribution in [0.4, 0.5) is 0 Å². The van der Waals surface area contributed by atoms with Gasteiger partial charge in [0.05, 0.1) is 5.57 Å². The van der Waals surface area contributed by atoms with Crippen LogP contribution in [0.25, 0.3) is 0 Å². The van der Waals surface area contributed by atoms with Gasteiger partial charge in [-0.3, -0.25) is 0 Å². The van der Waals surface area contributed by atoms with Crippen LogP contribution in [-0.4, -0.2) is 18.0 Å². The van der Waals surface area contributed by atoms with Gasteiger partial charge in [0.25, 0.3) is 0 Å². The van der Waals surface area contributed by atoms with Crippen molar-refractivity contribution in [2.45, 2.75) is 66.2 Å². The number of nitriles is 3. The summed E-state index contributed by atoms with van der Waals surface area (Å²) in [4.78, 5) is 2.32. The SMILES string of the molecule is CCCCN(CCCC)C1=C(C#N)C(=C(C#N)C#N)CC(C)(C)C1. The van der Waals surface area contributed by atoms with E-state index in [1.54, 1.807) is 0 Å². The van der Waals surface area contributed by atoms with E-state index in [0.29, 0.717) is 17.6 Å². The highest BCUT2D eigenvalue weighted by molar-refractivity contribution is 5.57. The van der Waals surface area contributed by atoms with E-state index in [1.807, 2.05) is 12.1 Å². The third-order valence-corrected chi connectivity index (χ3v) is 4.47. The van der Waals surface area contributed by atoms with E-state index in [4.69, 9.17) is 0 Å². The summed E-state index contributed by atoms with van der Waals surface area (Å²) in [6, 6.07) is 6.27. The maximum Gasteiger partial charge on any atom is 0.134 e. The van der Waals surface area contributed by atoms with Crippen LogP contribution in [0.5, 0.6) is 0 Å². The second-order valence-corrected chi connectivity index (χ2v) is 7.22. The first-order valence-electron chi connectivity index (χ1n) is 8.86. The van der Waals surface area contributed by atoms with Crippen molar-refractivity contribution in [1.82, 2.24) is 4.90 Å². The van der Waals surface area contributed by atoms with E-state index in [-0.39, 0.29) is 11.0 Å². The summed E-state index contributed by atoms with van der Waals surface area (Å²) in [6.45, 7) is 10.5. The monoisotopic (exact) mass is 324 g/mol. The zero-order chi connectivity index (χ0) is 18.2. The lowest BCUT2D eigenvalue weighted by molar-refractivity contribution is 0.255. The van der Waals surface area contributed by atoms with Crippen LogP contribution in [-0.2, 0) is 0 Å². The van der Waals surface area contributed by atoms with Gasteiger partial charge in [-0.1, -0.05) is 40.5 Å². The zero-order valence-electron chi connectivity index (χ0n) is 15.4. The molecule has 1 rings (SSSR count). The normalized spacial score (nSPS) is 16.1. The van der Waals surface area contributed by atoms with Crippen molar-refractivity contribution in [3.8, 4) is 18.2 Å². The molecule has 0 aromatic heterocycles. The Morgan fingerprint density at radius 2 is 1.54 bits per heavy atom. The van der Waals surface area contributed by atoms with Crippen LogP contribution >= 0.6 is 0 Å². The van der Waals surface area contributed by atoms with Crippen LogP contribution in [0.1, 0.15) is 66.2 Å². The molecule has 0 unspecified atom stereocenters. The third kappa shape index (κ3) is 4.87. The predicted octanol–water partition coefficient (Wildman–Crippen LogP) is 4.83. The van der Waals surface area contributed by atoms with Crippen LogP contribution in [0, 0.1) is 39.4 Å². The van der Waals surface area contributed by atoms with Gasteiger partial charge in [-0.15, -0.1) is 0 Å². The molecule has 0 aromatic rings. The van der Waals surface area contributed by atoms with Crippen molar-refractivity contribution in [2.75, 3.05) is 13.1 Å². The molecule has 0 radical (unpaired) electrons. The molecule has 0 bridgehead atoms. The minimum Gasteiger partial charge on any atom is -0.374 e. The molecular formula is C20H28N4. The van der Waals surface area contributed by atoms with Crippen molar-refractivity contribution in [3.63, 3.8) is 0 Å². The Morgan fingerprint density at radius 3 is 1.96 bits per heavy atom. The van der Waals surface area contributed by atoms with E-state index in [2.05, 4.69) is 38.7 Å². The van der Waals surface area contributed by atoms with Crippen LogP contribution in [0.15, 0.2) is 22.4 Å². The lowest BCUT2D eigenvalue weighted by Crippen LogP contribution is -2.33. The largest absolute Gasteiger partial charge is 0.374 e.